The van der Waals surface area contributed by atoms with Crippen LogP contribution in [0.5, 0.6) is 0 Å². The van der Waals surface area contributed by atoms with Gasteiger partial charge in [-0.2, -0.15) is 0 Å². The van der Waals surface area contributed by atoms with Crippen LogP contribution < -0.4 is 0 Å². The fourth-order valence-electron chi connectivity index (χ4n) is 1.74. The summed E-state index contributed by atoms with van der Waals surface area (Å²) in [5, 5.41) is 0. The van der Waals surface area contributed by atoms with Crippen molar-refractivity contribution in [3.63, 3.8) is 0 Å². The molecule has 0 N–H and O–H groups in total. The molecule has 0 unspecified atom stereocenters. The second-order valence-electron chi connectivity index (χ2n) is 4.72. The normalized spacial score (nSPS) is 10.8. The highest BCUT2D eigenvalue weighted by Gasteiger charge is 2.18. The second-order valence-corrected chi connectivity index (χ2v) is 5.57. The molecule has 0 atom stereocenters. The van der Waals surface area contributed by atoms with E-state index in [1.165, 1.54) is 12.1 Å². The Morgan fingerprint density at radius 3 is 2.53 bits per heavy atom. The van der Waals surface area contributed by atoms with Crippen molar-refractivity contribution in [2.45, 2.75) is 13.3 Å². The fraction of sp³-hybridized carbons (Fsp3) is 0.500. The van der Waals surface area contributed by atoms with Crippen LogP contribution >= 0.6 is 15.9 Å². The van der Waals surface area contributed by atoms with Crippen LogP contribution in [0.25, 0.3) is 0 Å². The summed E-state index contributed by atoms with van der Waals surface area (Å²) in [7, 11) is 3.93. The van der Waals surface area contributed by atoms with Gasteiger partial charge in [0.15, 0.2) is 0 Å². The Hall–Kier alpha value is -0.940. The van der Waals surface area contributed by atoms with E-state index in [2.05, 4.69) is 15.9 Å². The molecule has 0 bridgehead atoms. The number of carbonyl (C=O) groups is 1. The fourth-order valence-corrected chi connectivity index (χ4v) is 2.15. The lowest BCUT2D eigenvalue weighted by atomic mass is 10.2. The van der Waals surface area contributed by atoms with E-state index in [0.717, 1.165) is 13.0 Å². The predicted molar refractivity (Wildman–Crippen MR) is 78.8 cm³/mol. The average molecular weight is 331 g/mol. The van der Waals surface area contributed by atoms with E-state index >= 15 is 0 Å². The van der Waals surface area contributed by atoms with E-state index in [1.54, 1.807) is 11.0 Å². The molecule has 0 heterocycles. The molecule has 1 rings (SSSR count). The minimum absolute atomic E-state index is 0.130. The first-order valence-electron chi connectivity index (χ1n) is 6.34. The van der Waals surface area contributed by atoms with E-state index in [4.69, 9.17) is 0 Å². The maximum Gasteiger partial charge on any atom is 0.255 e. The molecule has 0 spiro atoms. The Morgan fingerprint density at radius 1 is 1.26 bits per heavy atom. The molecule has 0 aliphatic rings. The zero-order valence-electron chi connectivity index (χ0n) is 11.6. The van der Waals surface area contributed by atoms with Crippen LogP contribution in [0.3, 0.4) is 0 Å². The molecular formula is C14H20BrFN2O. The van der Waals surface area contributed by atoms with Gasteiger partial charge in [0.25, 0.3) is 5.91 Å². The summed E-state index contributed by atoms with van der Waals surface area (Å²) in [6.45, 7) is 4.13. The van der Waals surface area contributed by atoms with Crippen molar-refractivity contribution in [1.29, 1.82) is 0 Å². The third-order valence-electron chi connectivity index (χ3n) is 2.76. The second kappa shape index (κ2) is 7.60. The van der Waals surface area contributed by atoms with Gasteiger partial charge >= 0.3 is 0 Å². The van der Waals surface area contributed by atoms with Crippen molar-refractivity contribution in [1.82, 2.24) is 9.80 Å². The summed E-state index contributed by atoms with van der Waals surface area (Å²) in [5.41, 5.74) is 0.382. The van der Waals surface area contributed by atoms with E-state index < -0.39 is 5.82 Å². The molecule has 1 amide bonds. The summed E-state index contributed by atoms with van der Waals surface area (Å²) >= 11 is 3.31. The zero-order chi connectivity index (χ0) is 14.4. The number of likely N-dealkylation sites (N-methyl/N-ethyl adjacent to an activating group) is 1. The number of benzene rings is 1. The van der Waals surface area contributed by atoms with E-state index in [0.29, 0.717) is 23.1 Å². The third-order valence-corrected chi connectivity index (χ3v) is 3.45. The van der Waals surface area contributed by atoms with Gasteiger partial charge in [0.05, 0.1) is 5.56 Å². The maximum atomic E-state index is 13.3. The Morgan fingerprint density at radius 2 is 1.95 bits per heavy atom. The van der Waals surface area contributed by atoms with Gasteiger partial charge in [-0.05, 0) is 54.6 Å². The molecule has 0 aromatic heterocycles. The predicted octanol–water partition coefficient (Wildman–Crippen LogP) is 3.00. The zero-order valence-corrected chi connectivity index (χ0v) is 13.2. The van der Waals surface area contributed by atoms with Crippen molar-refractivity contribution >= 4 is 21.8 Å². The van der Waals surface area contributed by atoms with Gasteiger partial charge in [0.1, 0.15) is 5.82 Å². The molecule has 0 aliphatic carbocycles. The van der Waals surface area contributed by atoms with Gasteiger partial charge in [0, 0.05) is 24.1 Å². The molecule has 0 aliphatic heterocycles. The molecular weight excluding hydrogens is 311 g/mol. The monoisotopic (exact) mass is 330 g/mol. The molecule has 1 aromatic carbocycles. The Bertz CT molecular complexity index is 437. The van der Waals surface area contributed by atoms with Crippen LogP contribution in [0.1, 0.15) is 23.7 Å². The average Bonchev–Trinajstić information content (AvgIpc) is 2.36. The Balaban J connectivity index is 2.88. The van der Waals surface area contributed by atoms with Crippen molar-refractivity contribution in [2.75, 3.05) is 33.7 Å². The summed E-state index contributed by atoms with van der Waals surface area (Å²) in [6.07, 6.45) is 0.881. The van der Waals surface area contributed by atoms with Gasteiger partial charge in [-0.3, -0.25) is 4.79 Å². The number of halogens is 2. The Labute approximate surface area is 122 Å². The van der Waals surface area contributed by atoms with E-state index in [1.807, 2.05) is 25.9 Å². The van der Waals surface area contributed by atoms with Gasteiger partial charge in [-0.1, -0.05) is 6.92 Å². The first kappa shape index (κ1) is 16.1. The number of hydrogen-bond acceptors (Lipinski definition) is 2. The molecule has 106 valence electrons. The summed E-state index contributed by atoms with van der Waals surface area (Å²) < 4.78 is 13.9. The highest BCUT2D eigenvalue weighted by Crippen LogP contribution is 2.19. The van der Waals surface area contributed by atoms with Crippen LogP contribution in [0, 0.1) is 5.82 Å². The quantitative estimate of drug-likeness (QED) is 0.800. The number of hydrogen-bond donors (Lipinski definition) is 0. The molecule has 19 heavy (non-hydrogen) atoms. The molecule has 1 aromatic rings. The minimum atomic E-state index is -0.393. The van der Waals surface area contributed by atoms with Gasteiger partial charge in [-0.25, -0.2) is 4.39 Å². The highest BCUT2D eigenvalue weighted by molar-refractivity contribution is 9.10. The number of carbonyl (C=O) groups excluding carboxylic acids is 1. The van der Waals surface area contributed by atoms with Crippen molar-refractivity contribution in [2.24, 2.45) is 0 Å². The molecule has 0 saturated carbocycles. The van der Waals surface area contributed by atoms with Crippen molar-refractivity contribution in [3.8, 4) is 0 Å². The van der Waals surface area contributed by atoms with Crippen LogP contribution in [-0.2, 0) is 0 Å². The maximum absolute atomic E-state index is 13.3. The number of nitrogens with zero attached hydrogens (tertiary/aromatic N) is 2. The van der Waals surface area contributed by atoms with Crippen molar-refractivity contribution < 1.29 is 9.18 Å². The van der Waals surface area contributed by atoms with Crippen LogP contribution in [-0.4, -0.2) is 49.4 Å². The topological polar surface area (TPSA) is 23.6 Å². The summed E-state index contributed by atoms with van der Waals surface area (Å²) in [5.74, 6) is -0.523. The number of amides is 1. The van der Waals surface area contributed by atoms with Crippen LogP contribution in [0.2, 0.25) is 0 Å². The van der Waals surface area contributed by atoms with Gasteiger partial charge < -0.3 is 9.80 Å². The lowest BCUT2D eigenvalue weighted by Crippen LogP contribution is -2.37. The van der Waals surface area contributed by atoms with E-state index in [9.17, 15) is 9.18 Å². The van der Waals surface area contributed by atoms with E-state index in [-0.39, 0.29) is 5.91 Å². The highest BCUT2D eigenvalue weighted by atomic mass is 79.9. The smallest absolute Gasteiger partial charge is 0.255 e. The Kier molecular flexibility index (Phi) is 6.45. The van der Waals surface area contributed by atoms with Gasteiger partial charge in [-0.15, -0.1) is 0 Å². The lowest BCUT2D eigenvalue weighted by Gasteiger charge is -2.24. The summed E-state index contributed by atoms with van der Waals surface area (Å²) in [4.78, 5) is 16.2. The lowest BCUT2D eigenvalue weighted by molar-refractivity contribution is 0.0743. The molecule has 0 saturated heterocycles. The first-order chi connectivity index (χ1) is 8.95. The van der Waals surface area contributed by atoms with Crippen LogP contribution in [0.15, 0.2) is 22.7 Å². The number of rotatable bonds is 6. The third kappa shape index (κ3) is 4.91. The van der Waals surface area contributed by atoms with Gasteiger partial charge in [0.2, 0.25) is 0 Å². The molecule has 0 radical (unpaired) electrons. The molecule has 5 heteroatoms. The minimum Gasteiger partial charge on any atom is -0.337 e. The molecule has 3 nitrogen and oxygen atoms in total. The summed E-state index contributed by atoms with van der Waals surface area (Å²) in [6, 6.07) is 4.19. The SMILES string of the molecule is CCCN(CCN(C)C)C(=O)c1cc(F)ccc1Br. The standard InChI is InChI=1S/C14H20BrFN2O/c1-4-7-18(9-8-17(2)3)14(19)12-10-11(16)5-6-13(12)15/h5-6,10H,4,7-9H2,1-3H3. The first-order valence-corrected chi connectivity index (χ1v) is 7.14. The molecule has 0 fully saturated rings. The van der Waals surface area contributed by atoms with Crippen LogP contribution in [0.4, 0.5) is 4.39 Å². The van der Waals surface area contributed by atoms with Crippen molar-refractivity contribution in [3.05, 3.63) is 34.1 Å². The largest absolute Gasteiger partial charge is 0.337 e.